The summed E-state index contributed by atoms with van der Waals surface area (Å²) in [6, 6.07) is 8.24. The Morgan fingerprint density at radius 1 is 1.05 bits per heavy atom. The van der Waals surface area contributed by atoms with Gasteiger partial charge in [0.25, 0.3) is 0 Å². The van der Waals surface area contributed by atoms with Crippen molar-refractivity contribution in [2.45, 2.75) is 20.8 Å². The van der Waals surface area contributed by atoms with Gasteiger partial charge in [-0.05, 0) is 38.1 Å². The van der Waals surface area contributed by atoms with Crippen molar-refractivity contribution >= 4 is 11.4 Å². The van der Waals surface area contributed by atoms with E-state index in [1.807, 2.05) is 19.1 Å². The number of hydrogen-bond acceptors (Lipinski definition) is 4. The van der Waals surface area contributed by atoms with Crippen molar-refractivity contribution in [1.29, 1.82) is 0 Å². The molecule has 1 aromatic carbocycles. The van der Waals surface area contributed by atoms with Crippen molar-refractivity contribution in [2.75, 3.05) is 43.1 Å². The summed E-state index contributed by atoms with van der Waals surface area (Å²) in [4.78, 5) is 2.29. The molecule has 0 spiro atoms. The first-order valence-corrected chi connectivity index (χ1v) is 6.89. The largest absolute Gasteiger partial charge is 0.396 e. The molecule has 0 radical (unpaired) electrons. The van der Waals surface area contributed by atoms with Gasteiger partial charge in [0.05, 0.1) is 13.2 Å². The van der Waals surface area contributed by atoms with Gasteiger partial charge < -0.3 is 20.4 Å². The quantitative estimate of drug-likeness (QED) is 0.673. The van der Waals surface area contributed by atoms with Gasteiger partial charge in [-0.15, -0.1) is 0 Å². The molecule has 4 heteroatoms. The molecule has 0 unspecified atom stereocenters. The van der Waals surface area contributed by atoms with Crippen molar-refractivity contribution in [1.82, 2.24) is 0 Å². The molecule has 3 N–H and O–H groups in total. The average molecular weight is 266 g/mol. The summed E-state index contributed by atoms with van der Waals surface area (Å²) in [6.45, 7) is 8.61. The first kappa shape index (κ1) is 15.8. The summed E-state index contributed by atoms with van der Waals surface area (Å²) in [5.74, 6) is 0. The first-order chi connectivity index (χ1) is 9.08. The summed E-state index contributed by atoms with van der Waals surface area (Å²) in [5.41, 5.74) is 1.73. The SMILES string of the molecule is CCN(CC)c1ccc(NCC(C)(CO)CO)cc1. The van der Waals surface area contributed by atoms with Crippen molar-refractivity contribution in [3.63, 3.8) is 0 Å². The van der Waals surface area contributed by atoms with Crippen LogP contribution in [0.2, 0.25) is 0 Å². The monoisotopic (exact) mass is 266 g/mol. The van der Waals surface area contributed by atoms with Crippen LogP contribution >= 0.6 is 0 Å². The maximum atomic E-state index is 9.24. The molecule has 19 heavy (non-hydrogen) atoms. The minimum atomic E-state index is -0.489. The lowest BCUT2D eigenvalue weighted by Crippen LogP contribution is -2.34. The highest BCUT2D eigenvalue weighted by Crippen LogP contribution is 2.20. The fourth-order valence-corrected chi connectivity index (χ4v) is 1.86. The molecule has 0 aliphatic rings. The van der Waals surface area contributed by atoms with E-state index in [-0.39, 0.29) is 13.2 Å². The lowest BCUT2D eigenvalue weighted by Gasteiger charge is -2.26. The number of nitrogens with one attached hydrogen (secondary N) is 1. The van der Waals surface area contributed by atoms with E-state index in [2.05, 4.69) is 36.2 Å². The van der Waals surface area contributed by atoms with Crippen molar-refractivity contribution in [3.05, 3.63) is 24.3 Å². The molecule has 0 heterocycles. The van der Waals surface area contributed by atoms with Crippen LogP contribution in [0.25, 0.3) is 0 Å². The molecule has 1 aromatic rings. The second kappa shape index (κ2) is 7.36. The molecule has 0 aliphatic heterocycles. The van der Waals surface area contributed by atoms with Crippen molar-refractivity contribution in [3.8, 4) is 0 Å². The standard InChI is InChI=1S/C15H26N2O2/c1-4-17(5-2)14-8-6-13(7-9-14)16-10-15(3,11-18)12-19/h6-9,16,18-19H,4-5,10-12H2,1-3H3. The molecule has 4 nitrogen and oxygen atoms in total. The Morgan fingerprint density at radius 2 is 1.58 bits per heavy atom. The number of aliphatic hydroxyl groups excluding tert-OH is 2. The molecular weight excluding hydrogens is 240 g/mol. The van der Waals surface area contributed by atoms with Crippen LogP contribution in [0.3, 0.4) is 0 Å². The van der Waals surface area contributed by atoms with Crippen molar-refractivity contribution in [2.24, 2.45) is 5.41 Å². The van der Waals surface area contributed by atoms with E-state index in [1.54, 1.807) is 0 Å². The Kier molecular flexibility index (Phi) is 6.12. The van der Waals surface area contributed by atoms with Gasteiger partial charge >= 0.3 is 0 Å². The van der Waals surface area contributed by atoms with Gasteiger partial charge in [-0.25, -0.2) is 0 Å². The van der Waals surface area contributed by atoms with E-state index in [0.29, 0.717) is 6.54 Å². The van der Waals surface area contributed by atoms with Gasteiger partial charge in [-0.1, -0.05) is 6.92 Å². The van der Waals surface area contributed by atoms with Gasteiger partial charge in [-0.2, -0.15) is 0 Å². The third-order valence-corrected chi connectivity index (χ3v) is 3.48. The summed E-state index contributed by atoms with van der Waals surface area (Å²) in [6.07, 6.45) is 0. The van der Waals surface area contributed by atoms with Gasteiger partial charge in [0, 0.05) is 36.4 Å². The zero-order valence-electron chi connectivity index (χ0n) is 12.2. The molecule has 0 bridgehead atoms. The van der Waals surface area contributed by atoms with Crippen molar-refractivity contribution < 1.29 is 10.2 Å². The minimum Gasteiger partial charge on any atom is -0.396 e. The summed E-state index contributed by atoms with van der Waals surface area (Å²) >= 11 is 0. The molecule has 0 amide bonds. The lowest BCUT2D eigenvalue weighted by atomic mass is 9.93. The summed E-state index contributed by atoms with van der Waals surface area (Å²) in [5, 5.41) is 21.7. The fraction of sp³-hybridized carbons (Fsp3) is 0.600. The van der Waals surface area contributed by atoms with E-state index in [1.165, 1.54) is 5.69 Å². The van der Waals surface area contributed by atoms with Gasteiger partial charge in [0.15, 0.2) is 0 Å². The normalized spacial score (nSPS) is 11.4. The first-order valence-electron chi connectivity index (χ1n) is 6.89. The van der Waals surface area contributed by atoms with Gasteiger partial charge in [0.1, 0.15) is 0 Å². The Labute approximate surface area is 116 Å². The minimum absolute atomic E-state index is 0.0337. The molecule has 0 saturated carbocycles. The molecule has 0 fully saturated rings. The topological polar surface area (TPSA) is 55.7 Å². The number of nitrogens with zero attached hydrogens (tertiary/aromatic N) is 1. The van der Waals surface area contributed by atoms with Crippen LogP contribution in [-0.4, -0.2) is 43.1 Å². The number of aliphatic hydroxyl groups is 2. The lowest BCUT2D eigenvalue weighted by molar-refractivity contribution is 0.0806. The van der Waals surface area contributed by atoms with E-state index < -0.39 is 5.41 Å². The maximum absolute atomic E-state index is 9.24. The molecule has 108 valence electrons. The third-order valence-electron chi connectivity index (χ3n) is 3.48. The summed E-state index contributed by atoms with van der Waals surface area (Å²) < 4.78 is 0. The van der Waals surface area contributed by atoms with Gasteiger partial charge in [0.2, 0.25) is 0 Å². The van der Waals surface area contributed by atoms with Crippen LogP contribution in [0.5, 0.6) is 0 Å². The second-order valence-electron chi connectivity index (χ2n) is 5.20. The number of hydrogen-bond donors (Lipinski definition) is 3. The van der Waals surface area contributed by atoms with E-state index in [0.717, 1.165) is 18.8 Å². The highest BCUT2D eigenvalue weighted by molar-refractivity contribution is 5.55. The Balaban J connectivity index is 2.62. The van der Waals surface area contributed by atoms with E-state index in [4.69, 9.17) is 0 Å². The predicted octanol–water partition coefficient (Wildman–Crippen LogP) is 1.94. The Morgan fingerprint density at radius 3 is 2.00 bits per heavy atom. The van der Waals surface area contributed by atoms with E-state index >= 15 is 0 Å². The fourth-order valence-electron chi connectivity index (χ4n) is 1.86. The molecule has 1 rings (SSSR count). The highest BCUT2D eigenvalue weighted by atomic mass is 16.3. The number of benzene rings is 1. The smallest absolute Gasteiger partial charge is 0.0523 e. The zero-order valence-corrected chi connectivity index (χ0v) is 12.2. The predicted molar refractivity (Wildman–Crippen MR) is 80.8 cm³/mol. The number of anilines is 2. The Bertz CT molecular complexity index is 357. The van der Waals surface area contributed by atoms with Gasteiger partial charge in [-0.3, -0.25) is 0 Å². The molecule has 0 aliphatic carbocycles. The Hall–Kier alpha value is -1.26. The van der Waals surface area contributed by atoms with Crippen LogP contribution < -0.4 is 10.2 Å². The van der Waals surface area contributed by atoms with Crippen LogP contribution in [-0.2, 0) is 0 Å². The molecule has 0 atom stereocenters. The third kappa shape index (κ3) is 4.40. The van der Waals surface area contributed by atoms with Crippen LogP contribution in [0.1, 0.15) is 20.8 Å². The van der Waals surface area contributed by atoms with E-state index in [9.17, 15) is 10.2 Å². The average Bonchev–Trinajstić information content (AvgIpc) is 2.47. The van der Waals surface area contributed by atoms with Crippen LogP contribution in [0.4, 0.5) is 11.4 Å². The second-order valence-corrected chi connectivity index (χ2v) is 5.20. The van der Waals surface area contributed by atoms with Crippen LogP contribution in [0.15, 0.2) is 24.3 Å². The number of rotatable bonds is 8. The highest BCUT2D eigenvalue weighted by Gasteiger charge is 2.21. The molecule has 0 aromatic heterocycles. The molecule has 0 saturated heterocycles. The summed E-state index contributed by atoms with van der Waals surface area (Å²) in [7, 11) is 0. The van der Waals surface area contributed by atoms with Crippen LogP contribution in [0, 0.1) is 5.41 Å². The molecular formula is C15H26N2O2. The maximum Gasteiger partial charge on any atom is 0.0523 e. The zero-order chi connectivity index (χ0) is 14.3.